The number of aryl methyl sites for hydroxylation is 1. The van der Waals surface area contributed by atoms with Crippen molar-refractivity contribution in [3.63, 3.8) is 0 Å². The van der Waals surface area contributed by atoms with E-state index in [1.165, 1.54) is 5.57 Å². The molecule has 114 valence electrons. The standard InChI is InChI=1S/C17H19N3OS/c1-12-20-16(11-22-12)14-3-2-4-15(9-14)17(21)19-10-13-5-7-18-8-6-13/h2-5,9,11,18H,6-8,10H2,1H3,(H,19,21). The van der Waals surface area contributed by atoms with Gasteiger partial charge >= 0.3 is 0 Å². The minimum atomic E-state index is -0.0340. The number of amides is 1. The van der Waals surface area contributed by atoms with Crippen LogP contribution in [0.15, 0.2) is 41.3 Å². The molecule has 3 rings (SSSR count). The largest absolute Gasteiger partial charge is 0.348 e. The Bertz CT molecular complexity index is 705. The highest BCUT2D eigenvalue weighted by atomic mass is 32.1. The number of nitrogens with one attached hydrogen (secondary N) is 2. The Morgan fingerprint density at radius 2 is 2.36 bits per heavy atom. The van der Waals surface area contributed by atoms with Gasteiger partial charge < -0.3 is 10.6 Å². The van der Waals surface area contributed by atoms with Gasteiger partial charge in [0.2, 0.25) is 0 Å². The maximum atomic E-state index is 12.3. The van der Waals surface area contributed by atoms with E-state index in [1.54, 1.807) is 11.3 Å². The van der Waals surface area contributed by atoms with Gasteiger partial charge in [-0.2, -0.15) is 0 Å². The number of carbonyl (C=O) groups is 1. The number of hydrogen-bond donors (Lipinski definition) is 2. The van der Waals surface area contributed by atoms with Crippen molar-refractivity contribution in [1.82, 2.24) is 15.6 Å². The summed E-state index contributed by atoms with van der Waals surface area (Å²) in [4.78, 5) is 16.8. The third kappa shape index (κ3) is 3.61. The average molecular weight is 313 g/mol. The second kappa shape index (κ2) is 6.85. The number of hydrogen-bond acceptors (Lipinski definition) is 4. The van der Waals surface area contributed by atoms with Crippen LogP contribution in [0.5, 0.6) is 0 Å². The van der Waals surface area contributed by atoms with Crippen molar-refractivity contribution in [1.29, 1.82) is 0 Å². The predicted molar refractivity (Wildman–Crippen MR) is 90.2 cm³/mol. The van der Waals surface area contributed by atoms with Crippen LogP contribution in [0.4, 0.5) is 0 Å². The van der Waals surface area contributed by atoms with Gasteiger partial charge in [-0.25, -0.2) is 4.98 Å². The molecule has 0 saturated heterocycles. The zero-order chi connectivity index (χ0) is 15.4. The van der Waals surface area contributed by atoms with Crippen LogP contribution in [0.1, 0.15) is 21.8 Å². The number of thiazole rings is 1. The fourth-order valence-corrected chi connectivity index (χ4v) is 3.06. The van der Waals surface area contributed by atoms with Gasteiger partial charge in [-0.05, 0) is 32.0 Å². The Kier molecular flexibility index (Phi) is 4.65. The van der Waals surface area contributed by atoms with E-state index >= 15 is 0 Å². The Morgan fingerprint density at radius 3 is 3.09 bits per heavy atom. The van der Waals surface area contributed by atoms with Crippen LogP contribution in [0, 0.1) is 6.92 Å². The molecule has 2 aromatic rings. The molecule has 0 bridgehead atoms. The van der Waals surface area contributed by atoms with E-state index in [-0.39, 0.29) is 5.91 Å². The summed E-state index contributed by atoms with van der Waals surface area (Å²) in [6.07, 6.45) is 3.15. The summed E-state index contributed by atoms with van der Waals surface area (Å²) in [5, 5.41) is 9.32. The quantitative estimate of drug-likeness (QED) is 0.854. The molecular weight excluding hydrogens is 294 g/mol. The highest BCUT2D eigenvalue weighted by molar-refractivity contribution is 7.09. The number of carbonyl (C=O) groups excluding carboxylic acids is 1. The summed E-state index contributed by atoms with van der Waals surface area (Å²) in [7, 11) is 0. The number of nitrogens with zero attached hydrogens (tertiary/aromatic N) is 1. The van der Waals surface area contributed by atoms with Crippen molar-refractivity contribution < 1.29 is 4.79 Å². The van der Waals surface area contributed by atoms with E-state index < -0.39 is 0 Å². The smallest absolute Gasteiger partial charge is 0.251 e. The first-order valence-corrected chi connectivity index (χ1v) is 8.30. The molecule has 0 atom stereocenters. The van der Waals surface area contributed by atoms with Gasteiger partial charge in [0, 0.05) is 29.6 Å². The van der Waals surface area contributed by atoms with Gasteiger partial charge in [0.25, 0.3) is 5.91 Å². The van der Waals surface area contributed by atoms with Gasteiger partial charge in [0.1, 0.15) is 0 Å². The molecule has 2 N–H and O–H groups in total. The highest BCUT2D eigenvalue weighted by Gasteiger charge is 2.10. The van der Waals surface area contributed by atoms with Crippen molar-refractivity contribution >= 4 is 17.2 Å². The lowest BCUT2D eigenvalue weighted by molar-refractivity contribution is 0.0956. The summed E-state index contributed by atoms with van der Waals surface area (Å²) >= 11 is 1.62. The second-order valence-corrected chi connectivity index (χ2v) is 6.39. The molecule has 0 saturated carbocycles. The summed E-state index contributed by atoms with van der Waals surface area (Å²) in [6.45, 7) is 4.49. The van der Waals surface area contributed by atoms with E-state index in [1.807, 2.05) is 36.6 Å². The fraction of sp³-hybridized carbons (Fsp3) is 0.294. The van der Waals surface area contributed by atoms with E-state index in [4.69, 9.17) is 0 Å². The molecule has 2 heterocycles. The lowest BCUT2D eigenvalue weighted by Crippen LogP contribution is -2.29. The van der Waals surface area contributed by atoms with Gasteiger partial charge in [-0.3, -0.25) is 4.79 Å². The van der Waals surface area contributed by atoms with E-state index in [0.717, 1.165) is 35.8 Å². The van der Waals surface area contributed by atoms with Gasteiger partial charge in [-0.15, -0.1) is 11.3 Å². The molecule has 1 aliphatic heterocycles. The maximum Gasteiger partial charge on any atom is 0.251 e. The Balaban J connectivity index is 1.68. The van der Waals surface area contributed by atoms with Crippen molar-refractivity contribution in [3.05, 3.63) is 51.9 Å². The van der Waals surface area contributed by atoms with Crippen LogP contribution in [-0.4, -0.2) is 30.5 Å². The first-order valence-electron chi connectivity index (χ1n) is 7.42. The molecule has 4 nitrogen and oxygen atoms in total. The predicted octanol–water partition coefficient (Wildman–Crippen LogP) is 2.77. The molecule has 5 heteroatoms. The van der Waals surface area contributed by atoms with Crippen LogP contribution >= 0.6 is 11.3 Å². The van der Waals surface area contributed by atoms with E-state index in [9.17, 15) is 4.79 Å². The Labute approximate surface area is 134 Å². The monoisotopic (exact) mass is 313 g/mol. The molecule has 1 aromatic carbocycles. The molecule has 0 radical (unpaired) electrons. The van der Waals surface area contributed by atoms with Crippen LogP contribution in [-0.2, 0) is 0 Å². The molecule has 0 aliphatic carbocycles. The van der Waals surface area contributed by atoms with Gasteiger partial charge in [-0.1, -0.05) is 23.8 Å². The first kappa shape index (κ1) is 14.9. The second-order valence-electron chi connectivity index (χ2n) is 5.33. The molecule has 1 amide bonds. The number of aromatic nitrogens is 1. The van der Waals surface area contributed by atoms with E-state index in [2.05, 4.69) is 21.7 Å². The molecular formula is C17H19N3OS. The molecule has 0 fully saturated rings. The Morgan fingerprint density at radius 1 is 1.45 bits per heavy atom. The summed E-state index contributed by atoms with van der Waals surface area (Å²) in [6, 6.07) is 7.64. The molecule has 1 aromatic heterocycles. The SMILES string of the molecule is Cc1nc(-c2cccc(C(=O)NCC3=CCNCC3)c2)cs1. The molecule has 0 unspecified atom stereocenters. The molecule has 1 aliphatic rings. The average Bonchev–Trinajstić information content (AvgIpc) is 3.00. The Hall–Kier alpha value is -1.98. The maximum absolute atomic E-state index is 12.3. The zero-order valence-electron chi connectivity index (χ0n) is 12.6. The van der Waals surface area contributed by atoms with Gasteiger partial charge in [0.05, 0.1) is 10.7 Å². The molecule has 0 spiro atoms. The lowest BCUT2D eigenvalue weighted by Gasteiger charge is -2.14. The summed E-state index contributed by atoms with van der Waals surface area (Å²) in [5.74, 6) is -0.0340. The van der Waals surface area contributed by atoms with Crippen LogP contribution < -0.4 is 10.6 Å². The normalized spacial score (nSPS) is 14.5. The summed E-state index contributed by atoms with van der Waals surface area (Å²) in [5.41, 5.74) is 3.88. The van der Waals surface area contributed by atoms with Crippen LogP contribution in [0.2, 0.25) is 0 Å². The number of benzene rings is 1. The van der Waals surface area contributed by atoms with E-state index in [0.29, 0.717) is 12.1 Å². The third-order valence-corrected chi connectivity index (χ3v) is 4.45. The van der Waals surface area contributed by atoms with Crippen molar-refractivity contribution in [2.45, 2.75) is 13.3 Å². The third-order valence-electron chi connectivity index (χ3n) is 3.67. The minimum absolute atomic E-state index is 0.0340. The van der Waals surface area contributed by atoms with Crippen LogP contribution in [0.25, 0.3) is 11.3 Å². The van der Waals surface area contributed by atoms with Crippen molar-refractivity contribution in [2.24, 2.45) is 0 Å². The zero-order valence-corrected chi connectivity index (χ0v) is 13.4. The number of rotatable bonds is 4. The molecule has 22 heavy (non-hydrogen) atoms. The topological polar surface area (TPSA) is 54.0 Å². The summed E-state index contributed by atoms with van der Waals surface area (Å²) < 4.78 is 0. The lowest BCUT2D eigenvalue weighted by atomic mass is 10.1. The van der Waals surface area contributed by atoms with Gasteiger partial charge in [0.15, 0.2) is 0 Å². The van der Waals surface area contributed by atoms with Crippen LogP contribution in [0.3, 0.4) is 0 Å². The fourth-order valence-electron chi connectivity index (χ4n) is 2.44. The van der Waals surface area contributed by atoms with Crippen molar-refractivity contribution in [2.75, 3.05) is 19.6 Å². The highest BCUT2D eigenvalue weighted by Crippen LogP contribution is 2.22. The van der Waals surface area contributed by atoms with Crippen molar-refractivity contribution in [3.8, 4) is 11.3 Å². The first-order chi connectivity index (χ1) is 10.7. The minimum Gasteiger partial charge on any atom is -0.348 e.